The number of primary sulfonamides is 1. The number of benzene rings is 1. The van der Waals surface area contributed by atoms with Crippen LogP contribution in [0, 0.1) is 0 Å². The van der Waals surface area contributed by atoms with Gasteiger partial charge in [0.25, 0.3) is 0 Å². The van der Waals surface area contributed by atoms with Crippen LogP contribution in [0.3, 0.4) is 0 Å². The molecular weight excluding hydrogens is 266 g/mol. The highest BCUT2D eigenvalue weighted by Gasteiger charge is 2.12. The van der Waals surface area contributed by atoms with Crippen LogP contribution < -0.4 is 16.2 Å². The maximum absolute atomic E-state index is 11.2. The molecule has 2 aromatic rings. The van der Waals surface area contributed by atoms with E-state index in [2.05, 4.69) is 10.4 Å². The minimum atomic E-state index is -3.78. The van der Waals surface area contributed by atoms with Crippen molar-refractivity contribution in [3.63, 3.8) is 0 Å². The van der Waals surface area contributed by atoms with E-state index in [0.717, 1.165) is 5.56 Å². The van der Waals surface area contributed by atoms with Crippen molar-refractivity contribution in [1.29, 1.82) is 0 Å². The summed E-state index contributed by atoms with van der Waals surface area (Å²) in [5, 5.41) is 12.2. The summed E-state index contributed by atoms with van der Waals surface area (Å²) >= 11 is 0. The molecule has 0 saturated heterocycles. The summed E-state index contributed by atoms with van der Waals surface area (Å²) in [5.41, 5.74) is 7.52. The molecule has 19 heavy (non-hydrogen) atoms. The van der Waals surface area contributed by atoms with E-state index in [9.17, 15) is 8.42 Å². The highest BCUT2D eigenvalue weighted by Crippen LogP contribution is 2.21. The first-order valence-corrected chi connectivity index (χ1v) is 7.04. The molecule has 5 N–H and O–H groups in total. The zero-order chi connectivity index (χ0) is 14.0. The maximum atomic E-state index is 11.2. The molecule has 8 heteroatoms. The number of sulfonamides is 1. The van der Waals surface area contributed by atoms with E-state index in [1.165, 1.54) is 12.1 Å². The van der Waals surface area contributed by atoms with Gasteiger partial charge in [-0.3, -0.25) is 4.68 Å². The molecular formula is C11H15N5O2S. The van der Waals surface area contributed by atoms with E-state index in [4.69, 9.17) is 10.9 Å². The Balaban J connectivity index is 2.12. The number of aryl methyl sites for hydroxylation is 1. The van der Waals surface area contributed by atoms with E-state index >= 15 is 0 Å². The van der Waals surface area contributed by atoms with E-state index in [-0.39, 0.29) is 10.6 Å². The number of nitrogen functional groups attached to an aromatic ring is 1. The number of hydrogen-bond donors (Lipinski definition) is 3. The first-order valence-electron chi connectivity index (χ1n) is 5.50. The second-order valence-corrected chi connectivity index (χ2v) is 5.70. The quantitative estimate of drug-likeness (QED) is 0.695. The van der Waals surface area contributed by atoms with Crippen molar-refractivity contribution >= 4 is 21.4 Å². The lowest BCUT2D eigenvalue weighted by Gasteiger charge is -2.08. The van der Waals surface area contributed by atoms with Crippen LogP contribution in [0.4, 0.5) is 11.4 Å². The summed E-state index contributed by atoms with van der Waals surface area (Å²) in [6.45, 7) is 0.571. The van der Waals surface area contributed by atoms with E-state index < -0.39 is 10.0 Å². The molecule has 0 fully saturated rings. The number of nitrogens with zero attached hydrogens (tertiary/aromatic N) is 2. The fourth-order valence-electron chi connectivity index (χ4n) is 1.68. The molecule has 0 radical (unpaired) electrons. The molecule has 1 heterocycles. The average molecular weight is 281 g/mol. The fraction of sp³-hybridized carbons (Fsp3) is 0.182. The van der Waals surface area contributed by atoms with Crippen LogP contribution >= 0.6 is 0 Å². The molecule has 0 amide bonds. The fourth-order valence-corrected chi connectivity index (χ4v) is 2.33. The lowest BCUT2D eigenvalue weighted by atomic mass is 10.2. The molecule has 2 rings (SSSR count). The van der Waals surface area contributed by atoms with Crippen molar-refractivity contribution in [3.05, 3.63) is 36.2 Å². The average Bonchev–Trinajstić information content (AvgIpc) is 2.71. The summed E-state index contributed by atoms with van der Waals surface area (Å²) in [5.74, 6) is 0. The van der Waals surface area contributed by atoms with Crippen LogP contribution in [0.25, 0.3) is 0 Å². The molecule has 0 atom stereocenters. The number of rotatable bonds is 4. The van der Waals surface area contributed by atoms with Crippen LogP contribution in [0.5, 0.6) is 0 Å². The smallest absolute Gasteiger partial charge is 0.240 e. The van der Waals surface area contributed by atoms with Crippen molar-refractivity contribution in [2.24, 2.45) is 12.2 Å². The molecule has 0 unspecified atom stereocenters. The molecule has 7 nitrogen and oxygen atoms in total. The molecule has 0 saturated carbocycles. The van der Waals surface area contributed by atoms with Gasteiger partial charge < -0.3 is 11.1 Å². The molecule has 1 aromatic carbocycles. The summed E-state index contributed by atoms with van der Waals surface area (Å²) < 4.78 is 24.1. The molecule has 0 aliphatic rings. The third kappa shape index (κ3) is 3.24. The second-order valence-electron chi connectivity index (χ2n) is 4.17. The standard InChI is InChI=1S/C11H15N5O2S/c1-16-7-8(6-15-16)5-14-9-2-3-11(10(12)4-9)19(13,17)18/h2-4,6-7,14H,5,12H2,1H3,(H2,13,17,18). The van der Waals surface area contributed by atoms with Gasteiger partial charge in [0.05, 0.1) is 11.9 Å². The Hall–Kier alpha value is -2.06. The zero-order valence-electron chi connectivity index (χ0n) is 10.4. The van der Waals surface area contributed by atoms with Gasteiger partial charge in [-0.05, 0) is 18.2 Å². The predicted octanol–water partition coefficient (Wildman–Crippen LogP) is 0.262. The zero-order valence-corrected chi connectivity index (χ0v) is 11.2. The molecule has 1 aromatic heterocycles. The van der Waals surface area contributed by atoms with E-state index in [1.54, 1.807) is 16.9 Å². The monoisotopic (exact) mass is 281 g/mol. The Morgan fingerprint density at radius 2 is 2.16 bits per heavy atom. The topological polar surface area (TPSA) is 116 Å². The van der Waals surface area contributed by atoms with Crippen LogP contribution in [0.1, 0.15) is 5.56 Å². The molecule has 0 aliphatic carbocycles. The Labute approximate surface area is 111 Å². The maximum Gasteiger partial charge on any atom is 0.240 e. The Morgan fingerprint density at radius 1 is 1.42 bits per heavy atom. The highest BCUT2D eigenvalue weighted by atomic mass is 32.2. The van der Waals surface area contributed by atoms with Gasteiger partial charge >= 0.3 is 0 Å². The van der Waals surface area contributed by atoms with Gasteiger partial charge in [0, 0.05) is 31.0 Å². The van der Waals surface area contributed by atoms with Gasteiger partial charge in [-0.2, -0.15) is 5.10 Å². The lowest BCUT2D eigenvalue weighted by Crippen LogP contribution is -2.14. The summed E-state index contributed by atoms with van der Waals surface area (Å²) in [7, 11) is -1.94. The predicted molar refractivity (Wildman–Crippen MR) is 72.8 cm³/mol. The van der Waals surface area contributed by atoms with Gasteiger partial charge in [-0.1, -0.05) is 0 Å². The number of anilines is 2. The largest absolute Gasteiger partial charge is 0.398 e. The van der Waals surface area contributed by atoms with Crippen molar-refractivity contribution in [2.75, 3.05) is 11.1 Å². The number of nitrogens with one attached hydrogen (secondary N) is 1. The van der Waals surface area contributed by atoms with Crippen LogP contribution in [0.2, 0.25) is 0 Å². The number of aromatic nitrogens is 2. The Morgan fingerprint density at radius 3 is 2.68 bits per heavy atom. The Bertz CT molecular complexity index is 693. The van der Waals surface area contributed by atoms with Crippen LogP contribution in [0.15, 0.2) is 35.5 Å². The summed E-state index contributed by atoms with van der Waals surface area (Å²) in [6, 6.07) is 4.54. The summed E-state index contributed by atoms with van der Waals surface area (Å²) in [6.07, 6.45) is 3.63. The first-order chi connectivity index (χ1) is 8.86. The van der Waals surface area contributed by atoms with Crippen molar-refractivity contribution in [3.8, 4) is 0 Å². The number of nitrogens with two attached hydrogens (primary N) is 2. The third-order valence-electron chi connectivity index (χ3n) is 2.57. The Kier molecular flexibility index (Phi) is 3.45. The van der Waals surface area contributed by atoms with Crippen LogP contribution in [-0.2, 0) is 23.6 Å². The first kappa shape index (κ1) is 13.4. The van der Waals surface area contributed by atoms with Crippen LogP contribution in [-0.4, -0.2) is 18.2 Å². The van der Waals surface area contributed by atoms with Gasteiger partial charge in [-0.25, -0.2) is 13.6 Å². The van der Waals surface area contributed by atoms with Crippen molar-refractivity contribution < 1.29 is 8.42 Å². The van der Waals surface area contributed by atoms with Gasteiger partial charge in [0.15, 0.2) is 0 Å². The van der Waals surface area contributed by atoms with Gasteiger partial charge in [0.2, 0.25) is 10.0 Å². The van der Waals surface area contributed by atoms with Gasteiger partial charge in [-0.15, -0.1) is 0 Å². The normalized spacial score (nSPS) is 11.5. The summed E-state index contributed by atoms with van der Waals surface area (Å²) in [4.78, 5) is -0.0700. The SMILES string of the molecule is Cn1cc(CNc2ccc(S(N)(=O)=O)c(N)c2)cn1. The van der Waals surface area contributed by atoms with E-state index in [0.29, 0.717) is 12.2 Å². The second kappa shape index (κ2) is 4.90. The van der Waals surface area contributed by atoms with Crippen molar-refractivity contribution in [1.82, 2.24) is 9.78 Å². The highest BCUT2D eigenvalue weighted by molar-refractivity contribution is 7.89. The lowest BCUT2D eigenvalue weighted by molar-refractivity contribution is 0.598. The minimum absolute atomic E-state index is 0.0700. The van der Waals surface area contributed by atoms with E-state index in [1.807, 2.05) is 13.2 Å². The van der Waals surface area contributed by atoms with Crippen molar-refractivity contribution in [2.45, 2.75) is 11.4 Å². The van der Waals surface area contributed by atoms with Gasteiger partial charge in [0.1, 0.15) is 4.90 Å². The molecule has 0 spiro atoms. The molecule has 0 aliphatic heterocycles. The molecule has 102 valence electrons. The number of hydrogen-bond acceptors (Lipinski definition) is 5. The third-order valence-corrected chi connectivity index (χ3v) is 3.56. The minimum Gasteiger partial charge on any atom is -0.398 e. The molecule has 0 bridgehead atoms.